The lowest BCUT2D eigenvalue weighted by atomic mass is 9.75. The highest BCUT2D eigenvalue weighted by atomic mass is 32.2. The van der Waals surface area contributed by atoms with E-state index in [1.54, 1.807) is 12.4 Å². The van der Waals surface area contributed by atoms with Crippen LogP contribution in [0.3, 0.4) is 0 Å². The molecule has 5 nitrogen and oxygen atoms in total. The zero-order valence-electron chi connectivity index (χ0n) is 15.2. The lowest BCUT2D eigenvalue weighted by Crippen LogP contribution is -2.47. The molecule has 1 aromatic rings. The number of amides is 1. The Bertz CT molecular complexity index is 604. The van der Waals surface area contributed by atoms with E-state index < -0.39 is 0 Å². The fraction of sp³-hybridized carbons (Fsp3) is 0.684. The molecule has 3 heterocycles. The van der Waals surface area contributed by atoms with E-state index in [4.69, 9.17) is 0 Å². The number of carbonyl (C=O) groups is 1. The third-order valence-corrected chi connectivity index (χ3v) is 7.24. The Labute approximate surface area is 154 Å². The third kappa shape index (κ3) is 4.54. The van der Waals surface area contributed by atoms with Crippen molar-refractivity contribution in [2.45, 2.75) is 39.2 Å². The molecule has 25 heavy (non-hydrogen) atoms. The molecule has 0 radical (unpaired) electrons. The van der Waals surface area contributed by atoms with Gasteiger partial charge in [-0.15, -0.1) is 0 Å². The predicted octanol–water partition coefficient (Wildman–Crippen LogP) is 2.54. The number of aromatic nitrogens is 1. The molecule has 0 bridgehead atoms. The van der Waals surface area contributed by atoms with Gasteiger partial charge in [0.2, 0.25) is 5.91 Å². The number of aryl methyl sites for hydroxylation is 1. The maximum atomic E-state index is 12.8. The number of nitrogens with zero attached hydrogens (tertiary/aromatic N) is 2. The normalized spacial score (nSPS) is 28.2. The molecule has 2 aliphatic heterocycles. The highest BCUT2D eigenvalue weighted by molar-refractivity contribution is 7.99. The number of piperidine rings is 1. The smallest absolute Gasteiger partial charge is 0.225 e. The Morgan fingerprint density at radius 2 is 2.24 bits per heavy atom. The molecule has 0 aliphatic carbocycles. The first-order chi connectivity index (χ1) is 12.0. The summed E-state index contributed by atoms with van der Waals surface area (Å²) in [6.45, 7) is 7.09. The summed E-state index contributed by atoms with van der Waals surface area (Å²) in [6.07, 6.45) is 5.55. The molecule has 3 rings (SSSR count). The van der Waals surface area contributed by atoms with Crippen LogP contribution in [0, 0.1) is 18.3 Å². The Balaban J connectivity index is 1.66. The molecule has 2 fully saturated rings. The average Bonchev–Trinajstić information content (AvgIpc) is 2.92. The average molecular weight is 364 g/mol. The van der Waals surface area contributed by atoms with E-state index in [-0.39, 0.29) is 17.4 Å². The van der Waals surface area contributed by atoms with Gasteiger partial charge < -0.3 is 15.3 Å². The lowest BCUT2D eigenvalue weighted by molar-refractivity contribution is -0.119. The molecular formula is C19H29N3O2S. The summed E-state index contributed by atoms with van der Waals surface area (Å²) < 4.78 is 0. The lowest BCUT2D eigenvalue weighted by Gasteiger charge is -2.40. The first kappa shape index (κ1) is 18.7. The predicted molar refractivity (Wildman–Crippen MR) is 103 cm³/mol. The molecule has 0 spiro atoms. The summed E-state index contributed by atoms with van der Waals surface area (Å²) in [4.78, 5) is 19.3. The summed E-state index contributed by atoms with van der Waals surface area (Å²) in [5.74, 6) is 2.76. The molecule has 138 valence electrons. The van der Waals surface area contributed by atoms with E-state index in [1.807, 2.05) is 24.8 Å². The number of likely N-dealkylation sites (tertiary alicyclic amines) is 1. The monoisotopic (exact) mass is 363 g/mol. The van der Waals surface area contributed by atoms with Crippen LogP contribution in [0.15, 0.2) is 18.5 Å². The minimum atomic E-state index is -0.153. The topological polar surface area (TPSA) is 65.5 Å². The zero-order valence-corrected chi connectivity index (χ0v) is 16.0. The zero-order chi connectivity index (χ0) is 17.9. The number of aliphatic hydroxyl groups is 1. The Kier molecular flexibility index (Phi) is 6.02. The van der Waals surface area contributed by atoms with E-state index in [9.17, 15) is 9.90 Å². The summed E-state index contributed by atoms with van der Waals surface area (Å²) in [5, 5.41) is 12.8. The number of anilines is 1. The van der Waals surface area contributed by atoms with Crippen LogP contribution in [0.5, 0.6) is 0 Å². The van der Waals surface area contributed by atoms with Crippen molar-refractivity contribution in [3.8, 4) is 0 Å². The standard InChI is InChI=1S/C19H29N3O2S/c1-14-3-6-20-10-17(14)21-18(24)9-19(13-25-11-15(19)2)12-22-7-4-16(23)5-8-22/h3,6,10,15-16,23H,4-5,7-9,11-13H2,1-2H3,(H,21,24). The van der Waals surface area contributed by atoms with Crippen molar-refractivity contribution in [1.29, 1.82) is 0 Å². The van der Waals surface area contributed by atoms with E-state index >= 15 is 0 Å². The van der Waals surface area contributed by atoms with E-state index in [2.05, 4.69) is 22.1 Å². The number of aliphatic hydroxyl groups excluding tert-OH is 1. The van der Waals surface area contributed by atoms with E-state index in [1.165, 1.54) is 0 Å². The van der Waals surface area contributed by atoms with Crippen molar-refractivity contribution in [3.63, 3.8) is 0 Å². The first-order valence-corrected chi connectivity index (χ1v) is 10.3. The molecule has 2 saturated heterocycles. The molecule has 2 N–H and O–H groups in total. The van der Waals surface area contributed by atoms with Gasteiger partial charge in [0, 0.05) is 43.4 Å². The minimum Gasteiger partial charge on any atom is -0.393 e. The van der Waals surface area contributed by atoms with Gasteiger partial charge in [-0.3, -0.25) is 9.78 Å². The van der Waals surface area contributed by atoms with Crippen LogP contribution in [-0.2, 0) is 4.79 Å². The molecule has 0 aromatic carbocycles. The van der Waals surface area contributed by atoms with Crippen LogP contribution < -0.4 is 5.32 Å². The van der Waals surface area contributed by atoms with Crippen LogP contribution in [0.1, 0.15) is 31.7 Å². The first-order valence-electron chi connectivity index (χ1n) is 9.17. The maximum absolute atomic E-state index is 12.8. The summed E-state index contributed by atoms with van der Waals surface area (Å²) in [6, 6.07) is 1.92. The van der Waals surface area contributed by atoms with Crippen molar-refractivity contribution in [2.75, 3.05) is 36.5 Å². The second kappa shape index (κ2) is 8.06. The highest BCUT2D eigenvalue weighted by Crippen LogP contribution is 2.44. The number of hydrogen-bond donors (Lipinski definition) is 2. The Morgan fingerprint density at radius 3 is 2.88 bits per heavy atom. The molecule has 6 heteroatoms. The Morgan fingerprint density at radius 1 is 1.48 bits per heavy atom. The molecule has 2 atom stereocenters. The maximum Gasteiger partial charge on any atom is 0.225 e. The number of hydrogen-bond acceptors (Lipinski definition) is 5. The van der Waals surface area contributed by atoms with Crippen molar-refractivity contribution >= 4 is 23.4 Å². The molecule has 1 amide bonds. The summed E-state index contributed by atoms with van der Waals surface area (Å²) in [7, 11) is 0. The minimum absolute atomic E-state index is 0.0210. The number of rotatable bonds is 5. The molecule has 2 aliphatic rings. The van der Waals surface area contributed by atoms with Gasteiger partial charge in [-0.05, 0) is 43.1 Å². The quantitative estimate of drug-likeness (QED) is 0.842. The summed E-state index contributed by atoms with van der Waals surface area (Å²) >= 11 is 1.96. The van der Waals surface area contributed by atoms with Gasteiger partial charge in [-0.2, -0.15) is 11.8 Å². The van der Waals surface area contributed by atoms with Crippen molar-refractivity contribution in [3.05, 3.63) is 24.0 Å². The molecular weight excluding hydrogens is 334 g/mol. The van der Waals surface area contributed by atoms with Crippen LogP contribution in [-0.4, -0.2) is 58.1 Å². The van der Waals surface area contributed by atoms with Gasteiger partial charge in [0.15, 0.2) is 0 Å². The number of thioether (sulfide) groups is 1. The van der Waals surface area contributed by atoms with Crippen LogP contribution in [0.2, 0.25) is 0 Å². The van der Waals surface area contributed by atoms with Gasteiger partial charge in [0.05, 0.1) is 18.0 Å². The SMILES string of the molecule is Cc1ccncc1NC(=O)CC1(CN2CCC(O)CC2)CSCC1C. The van der Waals surface area contributed by atoms with Gasteiger partial charge in [0.25, 0.3) is 0 Å². The largest absolute Gasteiger partial charge is 0.393 e. The van der Waals surface area contributed by atoms with E-state index in [0.717, 1.165) is 55.2 Å². The second-order valence-corrected chi connectivity index (χ2v) is 8.73. The highest BCUT2D eigenvalue weighted by Gasteiger charge is 2.44. The van der Waals surface area contributed by atoms with Gasteiger partial charge in [-0.25, -0.2) is 0 Å². The fourth-order valence-electron chi connectivity index (χ4n) is 3.87. The third-order valence-electron chi connectivity index (χ3n) is 5.72. The van der Waals surface area contributed by atoms with Crippen LogP contribution in [0.4, 0.5) is 5.69 Å². The van der Waals surface area contributed by atoms with Gasteiger partial charge in [-0.1, -0.05) is 6.92 Å². The number of pyridine rings is 1. The number of carbonyl (C=O) groups excluding carboxylic acids is 1. The van der Waals surface area contributed by atoms with Crippen molar-refractivity contribution in [1.82, 2.24) is 9.88 Å². The summed E-state index contributed by atoms with van der Waals surface area (Å²) in [5.41, 5.74) is 1.87. The molecule has 1 aromatic heterocycles. The Hall–Kier alpha value is -1.11. The second-order valence-electron chi connectivity index (χ2n) is 7.70. The van der Waals surface area contributed by atoms with Gasteiger partial charge >= 0.3 is 0 Å². The van der Waals surface area contributed by atoms with E-state index in [0.29, 0.717) is 12.3 Å². The van der Waals surface area contributed by atoms with Crippen LogP contribution >= 0.6 is 11.8 Å². The number of nitrogens with one attached hydrogen (secondary N) is 1. The fourth-order valence-corrected chi connectivity index (χ4v) is 5.58. The molecule has 2 unspecified atom stereocenters. The van der Waals surface area contributed by atoms with Crippen molar-refractivity contribution < 1.29 is 9.90 Å². The van der Waals surface area contributed by atoms with Gasteiger partial charge in [0.1, 0.15) is 0 Å². The molecule has 0 saturated carbocycles. The van der Waals surface area contributed by atoms with Crippen LogP contribution in [0.25, 0.3) is 0 Å². The van der Waals surface area contributed by atoms with Crippen molar-refractivity contribution in [2.24, 2.45) is 11.3 Å².